The Balaban J connectivity index is 3.77. The van der Waals surface area contributed by atoms with E-state index < -0.39 is 0 Å². The lowest BCUT2D eigenvalue weighted by Gasteiger charge is -2.21. The van der Waals surface area contributed by atoms with Gasteiger partial charge in [-0.2, -0.15) is 0 Å². The number of nitrogens with two attached hydrogens (primary N) is 1. The van der Waals surface area contributed by atoms with Crippen LogP contribution in [0.5, 0.6) is 0 Å². The number of hydrogen-bond donors (Lipinski definition) is 2. The topological polar surface area (TPSA) is 67.6 Å². The molecule has 0 fully saturated rings. The average molecular weight is 231 g/mol. The number of amides is 1. The molecule has 0 aliphatic carbocycles. The predicted molar refractivity (Wildman–Crippen MR) is 65.3 cm³/mol. The molecular weight excluding hydrogens is 206 g/mol. The molecule has 16 heavy (non-hydrogen) atoms. The Morgan fingerprint density at radius 1 is 1.38 bits per heavy atom. The number of nitrogens with zero attached hydrogens (tertiary/aromatic N) is 1. The van der Waals surface area contributed by atoms with Crippen molar-refractivity contribution in [3.63, 3.8) is 0 Å². The van der Waals surface area contributed by atoms with Crippen molar-refractivity contribution in [1.82, 2.24) is 10.2 Å². The Hall–Kier alpha value is -0.650. The van der Waals surface area contributed by atoms with Crippen molar-refractivity contribution in [1.29, 1.82) is 0 Å². The molecule has 5 nitrogen and oxygen atoms in total. The van der Waals surface area contributed by atoms with Crippen LogP contribution in [-0.2, 0) is 9.53 Å². The maximum absolute atomic E-state index is 11.4. The first-order valence-electron chi connectivity index (χ1n) is 5.80. The van der Waals surface area contributed by atoms with Gasteiger partial charge in [0.15, 0.2) is 0 Å². The Kier molecular flexibility index (Phi) is 9.18. The molecule has 0 aromatic heterocycles. The van der Waals surface area contributed by atoms with Crippen LogP contribution in [0.4, 0.5) is 0 Å². The third kappa shape index (κ3) is 8.64. The van der Waals surface area contributed by atoms with E-state index in [9.17, 15) is 4.79 Å². The van der Waals surface area contributed by atoms with Gasteiger partial charge in [0.2, 0.25) is 5.91 Å². The molecule has 0 aromatic rings. The summed E-state index contributed by atoms with van der Waals surface area (Å²) < 4.78 is 5.01. The number of rotatable bonds is 9. The number of methoxy groups -OCH3 is 1. The third-order valence-electron chi connectivity index (χ3n) is 2.16. The summed E-state index contributed by atoms with van der Waals surface area (Å²) >= 11 is 0. The molecule has 0 aliphatic heterocycles. The first-order chi connectivity index (χ1) is 7.60. The van der Waals surface area contributed by atoms with Crippen LogP contribution in [0.25, 0.3) is 0 Å². The molecule has 0 radical (unpaired) electrons. The van der Waals surface area contributed by atoms with Crippen molar-refractivity contribution >= 4 is 5.91 Å². The molecule has 0 spiro atoms. The lowest BCUT2D eigenvalue weighted by atomic mass is 10.3. The molecule has 5 heteroatoms. The number of carbonyl (C=O) groups excluding carboxylic acids is 1. The molecule has 1 amide bonds. The normalized spacial score (nSPS) is 11.1. The fraction of sp³-hybridized carbons (Fsp3) is 0.909. The Bertz CT molecular complexity index is 186. The maximum Gasteiger partial charge on any atom is 0.221 e. The van der Waals surface area contributed by atoms with Gasteiger partial charge < -0.3 is 15.8 Å². The summed E-state index contributed by atoms with van der Waals surface area (Å²) in [6, 6.07) is 0.203. The van der Waals surface area contributed by atoms with E-state index in [1.54, 1.807) is 7.11 Å². The van der Waals surface area contributed by atoms with Crippen LogP contribution in [-0.4, -0.2) is 56.7 Å². The van der Waals surface area contributed by atoms with Crippen LogP contribution in [0.1, 0.15) is 20.3 Å². The molecule has 0 heterocycles. The van der Waals surface area contributed by atoms with E-state index in [-0.39, 0.29) is 11.9 Å². The largest absolute Gasteiger partial charge is 0.383 e. The SMILES string of the molecule is COCCN(CCN)CCC(=O)NC(C)C. The second-order valence-corrected chi connectivity index (χ2v) is 4.10. The second-order valence-electron chi connectivity index (χ2n) is 4.10. The van der Waals surface area contributed by atoms with Gasteiger partial charge in [0, 0.05) is 45.8 Å². The number of nitrogens with one attached hydrogen (secondary N) is 1. The maximum atomic E-state index is 11.4. The molecule has 0 atom stereocenters. The van der Waals surface area contributed by atoms with E-state index in [0.29, 0.717) is 19.6 Å². The lowest BCUT2D eigenvalue weighted by Crippen LogP contribution is -2.37. The van der Waals surface area contributed by atoms with Crippen LogP contribution >= 0.6 is 0 Å². The molecule has 0 unspecified atom stereocenters. The first-order valence-corrected chi connectivity index (χ1v) is 5.80. The number of carbonyl (C=O) groups is 1. The molecule has 0 saturated heterocycles. The Labute approximate surface area is 98.3 Å². The number of ether oxygens (including phenoxy) is 1. The van der Waals surface area contributed by atoms with Crippen molar-refractivity contribution in [2.45, 2.75) is 26.3 Å². The minimum absolute atomic E-state index is 0.0921. The number of hydrogen-bond acceptors (Lipinski definition) is 4. The van der Waals surface area contributed by atoms with Crippen molar-refractivity contribution in [2.75, 3.05) is 39.9 Å². The van der Waals surface area contributed by atoms with Crippen molar-refractivity contribution < 1.29 is 9.53 Å². The van der Waals surface area contributed by atoms with Gasteiger partial charge in [-0.25, -0.2) is 0 Å². The molecule has 3 N–H and O–H groups in total. The zero-order valence-electron chi connectivity index (χ0n) is 10.7. The molecular formula is C11H25N3O2. The van der Waals surface area contributed by atoms with Gasteiger partial charge in [0.25, 0.3) is 0 Å². The van der Waals surface area contributed by atoms with Gasteiger partial charge in [-0.3, -0.25) is 9.69 Å². The summed E-state index contributed by atoms with van der Waals surface area (Å²) in [4.78, 5) is 13.6. The zero-order chi connectivity index (χ0) is 12.4. The Morgan fingerprint density at radius 3 is 2.56 bits per heavy atom. The fourth-order valence-corrected chi connectivity index (χ4v) is 1.39. The lowest BCUT2D eigenvalue weighted by molar-refractivity contribution is -0.121. The molecule has 0 aliphatic rings. The average Bonchev–Trinajstić information content (AvgIpc) is 2.21. The molecule has 0 aromatic carbocycles. The molecule has 0 rings (SSSR count). The summed E-state index contributed by atoms with van der Waals surface area (Å²) in [6.45, 7) is 7.56. The van der Waals surface area contributed by atoms with Gasteiger partial charge in [-0.05, 0) is 13.8 Å². The van der Waals surface area contributed by atoms with Crippen molar-refractivity contribution in [2.24, 2.45) is 5.73 Å². The molecule has 0 saturated carbocycles. The summed E-state index contributed by atoms with van der Waals surface area (Å²) in [7, 11) is 1.67. The summed E-state index contributed by atoms with van der Waals surface area (Å²) in [5, 5.41) is 2.87. The Morgan fingerprint density at radius 2 is 2.06 bits per heavy atom. The van der Waals surface area contributed by atoms with Crippen molar-refractivity contribution in [3.05, 3.63) is 0 Å². The van der Waals surface area contributed by atoms with E-state index in [2.05, 4.69) is 10.2 Å². The van der Waals surface area contributed by atoms with E-state index in [1.807, 2.05) is 13.8 Å². The highest BCUT2D eigenvalue weighted by Gasteiger charge is 2.08. The second kappa shape index (κ2) is 9.57. The van der Waals surface area contributed by atoms with Crippen LogP contribution < -0.4 is 11.1 Å². The van der Waals surface area contributed by atoms with Crippen LogP contribution in [0.15, 0.2) is 0 Å². The standard InChI is InChI=1S/C11H25N3O2/c1-10(2)13-11(15)4-6-14(7-5-12)8-9-16-3/h10H,4-9,12H2,1-3H3,(H,13,15). The monoisotopic (exact) mass is 231 g/mol. The third-order valence-corrected chi connectivity index (χ3v) is 2.16. The minimum atomic E-state index is 0.0921. The summed E-state index contributed by atoms with van der Waals surface area (Å²) in [5.41, 5.74) is 5.51. The van der Waals surface area contributed by atoms with E-state index in [0.717, 1.165) is 19.6 Å². The van der Waals surface area contributed by atoms with Gasteiger partial charge in [-0.1, -0.05) is 0 Å². The highest BCUT2D eigenvalue weighted by Crippen LogP contribution is 1.92. The van der Waals surface area contributed by atoms with Crippen LogP contribution in [0, 0.1) is 0 Å². The molecule has 96 valence electrons. The van der Waals surface area contributed by atoms with Crippen LogP contribution in [0.3, 0.4) is 0 Å². The minimum Gasteiger partial charge on any atom is -0.383 e. The van der Waals surface area contributed by atoms with Gasteiger partial charge >= 0.3 is 0 Å². The quantitative estimate of drug-likeness (QED) is 0.577. The summed E-state index contributed by atoms with van der Waals surface area (Å²) in [5.74, 6) is 0.0921. The van der Waals surface area contributed by atoms with E-state index >= 15 is 0 Å². The van der Waals surface area contributed by atoms with Gasteiger partial charge in [0.1, 0.15) is 0 Å². The van der Waals surface area contributed by atoms with Crippen LogP contribution in [0.2, 0.25) is 0 Å². The molecule has 0 bridgehead atoms. The summed E-state index contributed by atoms with van der Waals surface area (Å²) in [6.07, 6.45) is 0.516. The van der Waals surface area contributed by atoms with Crippen molar-refractivity contribution in [3.8, 4) is 0 Å². The fourth-order valence-electron chi connectivity index (χ4n) is 1.39. The van der Waals surface area contributed by atoms with Gasteiger partial charge in [0.05, 0.1) is 6.61 Å². The predicted octanol–water partition coefficient (Wildman–Crippen LogP) is -0.192. The smallest absolute Gasteiger partial charge is 0.221 e. The van der Waals surface area contributed by atoms with E-state index in [1.165, 1.54) is 0 Å². The van der Waals surface area contributed by atoms with Gasteiger partial charge in [-0.15, -0.1) is 0 Å². The highest BCUT2D eigenvalue weighted by atomic mass is 16.5. The zero-order valence-corrected chi connectivity index (χ0v) is 10.7. The first kappa shape index (κ1) is 15.3. The highest BCUT2D eigenvalue weighted by molar-refractivity contribution is 5.76. The van der Waals surface area contributed by atoms with E-state index in [4.69, 9.17) is 10.5 Å².